The summed E-state index contributed by atoms with van der Waals surface area (Å²) in [5.41, 5.74) is 2.10. The summed E-state index contributed by atoms with van der Waals surface area (Å²) in [6.45, 7) is 9.32. The summed E-state index contributed by atoms with van der Waals surface area (Å²) < 4.78 is 16.4. The summed E-state index contributed by atoms with van der Waals surface area (Å²) in [4.78, 5) is 8.48. The van der Waals surface area contributed by atoms with Crippen LogP contribution in [0.5, 0.6) is 0 Å². The molecule has 0 fully saturated rings. The summed E-state index contributed by atoms with van der Waals surface area (Å²) >= 11 is 3.25. The van der Waals surface area contributed by atoms with Crippen molar-refractivity contribution in [3.05, 3.63) is 22.2 Å². The van der Waals surface area contributed by atoms with Crippen LogP contribution < -0.4 is 0 Å². The summed E-state index contributed by atoms with van der Waals surface area (Å²) in [5.74, 6) is 0. The van der Waals surface area contributed by atoms with Crippen LogP contribution in [0.3, 0.4) is 0 Å². The van der Waals surface area contributed by atoms with E-state index in [1.807, 2.05) is 27.7 Å². The lowest BCUT2D eigenvalue weighted by atomic mass is 10.2. The molecule has 0 amide bonds. The van der Waals surface area contributed by atoms with Gasteiger partial charge in [-0.2, -0.15) is 4.40 Å². The van der Waals surface area contributed by atoms with Crippen LogP contribution in [-0.4, -0.2) is 24.6 Å². The highest BCUT2D eigenvalue weighted by molar-refractivity contribution is 9.10. The smallest absolute Gasteiger partial charge is 0.145 e. The summed E-state index contributed by atoms with van der Waals surface area (Å²) in [7, 11) is -1.27. The molecule has 0 saturated carbocycles. The maximum absolute atomic E-state index is 11.9. The molecular formula is C11H16BrN3OS. The standard InChI is InChI=1S/C11H16BrN3OS/c1-7-10(13-6-9(12)14-7)8(2)15-17(16)11(3,4)5/h6H,1-5H3. The van der Waals surface area contributed by atoms with E-state index in [0.717, 1.165) is 5.69 Å². The number of aromatic nitrogens is 2. The van der Waals surface area contributed by atoms with Crippen LogP contribution in [0.1, 0.15) is 39.1 Å². The van der Waals surface area contributed by atoms with E-state index in [9.17, 15) is 4.21 Å². The van der Waals surface area contributed by atoms with Gasteiger partial charge < -0.3 is 0 Å². The molecule has 6 heteroatoms. The molecule has 17 heavy (non-hydrogen) atoms. The van der Waals surface area contributed by atoms with E-state index in [0.29, 0.717) is 16.0 Å². The molecule has 94 valence electrons. The van der Waals surface area contributed by atoms with Crippen molar-refractivity contribution in [1.29, 1.82) is 0 Å². The monoisotopic (exact) mass is 317 g/mol. The van der Waals surface area contributed by atoms with Gasteiger partial charge in [0.15, 0.2) is 0 Å². The van der Waals surface area contributed by atoms with E-state index in [1.165, 1.54) is 0 Å². The SMILES string of the molecule is CC(=NS(=O)C(C)(C)C)c1ncc(Br)nc1C. The Hall–Kier alpha value is -0.620. The Bertz CT molecular complexity index is 480. The molecule has 1 unspecified atom stereocenters. The van der Waals surface area contributed by atoms with Crippen LogP contribution in [0.25, 0.3) is 0 Å². The molecule has 0 spiro atoms. The highest BCUT2D eigenvalue weighted by atomic mass is 79.9. The van der Waals surface area contributed by atoms with Gasteiger partial charge in [-0.25, -0.2) is 9.19 Å². The number of nitrogens with zero attached hydrogens (tertiary/aromatic N) is 3. The van der Waals surface area contributed by atoms with Gasteiger partial charge in [0.2, 0.25) is 0 Å². The summed E-state index contributed by atoms with van der Waals surface area (Å²) in [6.07, 6.45) is 1.61. The molecular weight excluding hydrogens is 302 g/mol. The first-order chi connectivity index (χ1) is 7.71. The molecule has 0 aliphatic rings. The molecule has 1 heterocycles. The topological polar surface area (TPSA) is 55.2 Å². The lowest BCUT2D eigenvalue weighted by Gasteiger charge is -2.14. The van der Waals surface area contributed by atoms with E-state index < -0.39 is 11.0 Å². The van der Waals surface area contributed by atoms with Crippen LogP contribution in [0.2, 0.25) is 0 Å². The maximum atomic E-state index is 11.9. The van der Waals surface area contributed by atoms with E-state index in [1.54, 1.807) is 13.1 Å². The Morgan fingerprint density at radius 3 is 2.53 bits per heavy atom. The zero-order chi connectivity index (χ0) is 13.2. The van der Waals surface area contributed by atoms with Gasteiger partial charge in [-0.3, -0.25) is 4.98 Å². The van der Waals surface area contributed by atoms with E-state index in [2.05, 4.69) is 30.3 Å². The molecule has 0 radical (unpaired) electrons. The Labute approximate surface area is 113 Å². The largest absolute Gasteiger partial charge is 0.250 e. The first-order valence-electron chi connectivity index (χ1n) is 5.18. The van der Waals surface area contributed by atoms with Crippen molar-refractivity contribution in [2.24, 2.45) is 4.40 Å². The Morgan fingerprint density at radius 2 is 2.06 bits per heavy atom. The Balaban J connectivity index is 3.09. The van der Waals surface area contributed by atoms with Crippen LogP contribution in [0.4, 0.5) is 0 Å². The fraction of sp³-hybridized carbons (Fsp3) is 0.545. The molecule has 0 bridgehead atoms. The highest BCUT2D eigenvalue weighted by Crippen LogP contribution is 2.15. The van der Waals surface area contributed by atoms with Crippen molar-refractivity contribution < 1.29 is 4.21 Å². The Morgan fingerprint density at radius 1 is 1.47 bits per heavy atom. The van der Waals surface area contributed by atoms with Gasteiger partial charge in [-0.05, 0) is 50.5 Å². The number of rotatable bonds is 2. The third kappa shape index (κ3) is 3.96. The van der Waals surface area contributed by atoms with Crippen molar-refractivity contribution in [2.75, 3.05) is 0 Å². The number of aryl methyl sites for hydroxylation is 1. The van der Waals surface area contributed by atoms with Crippen LogP contribution in [0, 0.1) is 6.92 Å². The minimum Gasteiger partial charge on any atom is -0.250 e. The fourth-order valence-corrected chi connectivity index (χ4v) is 2.09. The second-order valence-electron chi connectivity index (χ2n) is 4.66. The molecule has 0 aromatic carbocycles. The third-order valence-corrected chi connectivity index (χ3v) is 3.87. The average molecular weight is 318 g/mol. The first-order valence-corrected chi connectivity index (χ1v) is 7.08. The van der Waals surface area contributed by atoms with E-state index in [4.69, 9.17) is 0 Å². The molecule has 1 rings (SSSR count). The molecule has 0 N–H and O–H groups in total. The lowest BCUT2D eigenvalue weighted by molar-refractivity contribution is 0.650. The second kappa shape index (κ2) is 5.35. The molecule has 0 aliphatic carbocycles. The quantitative estimate of drug-likeness (QED) is 0.788. The van der Waals surface area contributed by atoms with Crippen molar-refractivity contribution in [1.82, 2.24) is 9.97 Å². The molecule has 1 atom stereocenters. The van der Waals surface area contributed by atoms with Crippen molar-refractivity contribution >= 4 is 32.6 Å². The van der Waals surface area contributed by atoms with Crippen LogP contribution in [0.15, 0.2) is 15.2 Å². The van der Waals surface area contributed by atoms with Crippen molar-refractivity contribution in [2.45, 2.75) is 39.4 Å². The van der Waals surface area contributed by atoms with Crippen molar-refractivity contribution in [3.8, 4) is 0 Å². The Kier molecular flexibility index (Phi) is 4.55. The minimum atomic E-state index is -1.27. The van der Waals surface area contributed by atoms with Gasteiger partial charge in [0.05, 0.1) is 22.3 Å². The van der Waals surface area contributed by atoms with Gasteiger partial charge in [-0.1, -0.05) is 0 Å². The van der Waals surface area contributed by atoms with Gasteiger partial charge in [0.25, 0.3) is 0 Å². The number of hydrogen-bond acceptors (Lipinski definition) is 3. The molecule has 0 aliphatic heterocycles. The van der Waals surface area contributed by atoms with Crippen molar-refractivity contribution in [3.63, 3.8) is 0 Å². The molecule has 4 nitrogen and oxygen atoms in total. The summed E-state index contributed by atoms with van der Waals surface area (Å²) in [6, 6.07) is 0. The second-order valence-corrected chi connectivity index (χ2v) is 7.38. The predicted molar refractivity (Wildman–Crippen MR) is 74.6 cm³/mol. The minimum absolute atomic E-state index is 0.363. The maximum Gasteiger partial charge on any atom is 0.145 e. The van der Waals surface area contributed by atoms with Gasteiger partial charge >= 0.3 is 0 Å². The van der Waals surface area contributed by atoms with Gasteiger partial charge in [0.1, 0.15) is 21.3 Å². The van der Waals surface area contributed by atoms with E-state index in [-0.39, 0.29) is 4.75 Å². The molecule has 1 aromatic rings. The zero-order valence-corrected chi connectivity index (χ0v) is 13.0. The fourth-order valence-electron chi connectivity index (χ4n) is 1.11. The van der Waals surface area contributed by atoms with Gasteiger partial charge in [0, 0.05) is 0 Å². The number of hydrogen-bond donors (Lipinski definition) is 0. The average Bonchev–Trinajstić information content (AvgIpc) is 2.15. The third-order valence-electron chi connectivity index (χ3n) is 2.00. The van der Waals surface area contributed by atoms with Crippen LogP contribution >= 0.6 is 15.9 Å². The number of halogens is 1. The first kappa shape index (κ1) is 14.4. The zero-order valence-electron chi connectivity index (χ0n) is 10.6. The molecule has 1 aromatic heterocycles. The highest BCUT2D eigenvalue weighted by Gasteiger charge is 2.19. The van der Waals surface area contributed by atoms with Gasteiger partial charge in [-0.15, -0.1) is 0 Å². The lowest BCUT2D eigenvalue weighted by Crippen LogP contribution is -2.21. The molecule has 0 saturated heterocycles. The normalized spacial score (nSPS) is 14.8. The van der Waals surface area contributed by atoms with Crippen LogP contribution in [-0.2, 0) is 11.0 Å². The predicted octanol–water partition coefficient (Wildman–Crippen LogP) is 2.82. The summed E-state index contributed by atoms with van der Waals surface area (Å²) in [5, 5.41) is 0. The van der Waals surface area contributed by atoms with E-state index >= 15 is 0 Å².